The molecule has 1 N–H and O–H groups in total. The molecule has 172 valence electrons. The van der Waals surface area contributed by atoms with Crippen molar-refractivity contribution in [3.63, 3.8) is 0 Å². The van der Waals surface area contributed by atoms with Crippen molar-refractivity contribution in [2.24, 2.45) is 5.41 Å². The second-order valence-electron chi connectivity index (χ2n) is 8.35. The molecule has 0 bridgehead atoms. The van der Waals surface area contributed by atoms with Gasteiger partial charge in [0.25, 0.3) is 0 Å². The van der Waals surface area contributed by atoms with Crippen LogP contribution in [0.4, 0.5) is 19.4 Å². The Morgan fingerprint density at radius 2 is 1.94 bits per heavy atom. The Kier molecular flexibility index (Phi) is 6.47. The van der Waals surface area contributed by atoms with Gasteiger partial charge in [-0.15, -0.1) is 0 Å². The lowest BCUT2D eigenvalue weighted by molar-refractivity contribution is -0.136. The number of nitrogens with zero attached hydrogens (tertiary/aromatic N) is 2. The fraction of sp³-hybridized carbons (Fsp3) is 0.292. The molecule has 1 unspecified atom stereocenters. The molecule has 2 heterocycles. The number of nitrogens with one attached hydrogen (secondary N) is 1. The average molecular weight is 474 g/mol. The molecule has 1 aromatic heterocycles. The van der Waals surface area contributed by atoms with E-state index in [0.29, 0.717) is 36.9 Å². The van der Waals surface area contributed by atoms with Crippen molar-refractivity contribution < 1.29 is 23.1 Å². The monoisotopic (exact) mass is 473 g/mol. The van der Waals surface area contributed by atoms with Crippen LogP contribution in [0.2, 0.25) is 5.02 Å². The van der Waals surface area contributed by atoms with Crippen LogP contribution in [-0.4, -0.2) is 35.0 Å². The number of anilines is 1. The standard InChI is InChI=1S/C24H22ClF2N3O3/c1-24(6-8-30(22(24)31)14-16-3-5-19(27)12-20(16)25)7-9-33-23(32)29-21-11-17-10-18(26)4-2-15(17)13-28-21/h2-5,10-13H,6-9,14H2,1H3,(H,28,29,32). The quantitative estimate of drug-likeness (QED) is 0.510. The zero-order valence-corrected chi connectivity index (χ0v) is 18.7. The van der Waals surface area contributed by atoms with Crippen LogP contribution in [0, 0.1) is 17.0 Å². The SMILES string of the molecule is CC1(CCOC(=O)Nc2cc3cc(F)ccc3cn2)CCN(Cc2ccc(F)cc2Cl)C1=O. The Morgan fingerprint density at radius 3 is 2.73 bits per heavy atom. The molecule has 0 saturated carbocycles. The van der Waals surface area contributed by atoms with Crippen molar-refractivity contribution in [3.8, 4) is 0 Å². The Morgan fingerprint density at radius 1 is 1.18 bits per heavy atom. The lowest BCUT2D eigenvalue weighted by atomic mass is 9.85. The summed E-state index contributed by atoms with van der Waals surface area (Å²) in [7, 11) is 0. The maximum Gasteiger partial charge on any atom is 0.412 e. The summed E-state index contributed by atoms with van der Waals surface area (Å²) in [5.41, 5.74) is -0.0000305. The molecule has 33 heavy (non-hydrogen) atoms. The van der Waals surface area contributed by atoms with Gasteiger partial charge in [0.1, 0.15) is 17.5 Å². The molecule has 3 aromatic rings. The van der Waals surface area contributed by atoms with Gasteiger partial charge in [0.2, 0.25) is 5.91 Å². The van der Waals surface area contributed by atoms with Crippen LogP contribution in [0.15, 0.2) is 48.7 Å². The number of hydrogen-bond donors (Lipinski definition) is 1. The minimum absolute atomic E-state index is 0.0431. The number of pyridine rings is 1. The van der Waals surface area contributed by atoms with Gasteiger partial charge in [-0.3, -0.25) is 10.1 Å². The van der Waals surface area contributed by atoms with Gasteiger partial charge in [0, 0.05) is 29.7 Å². The third-order valence-corrected chi connectivity index (χ3v) is 6.27. The molecule has 1 atom stereocenters. The fourth-order valence-corrected chi connectivity index (χ4v) is 4.13. The van der Waals surface area contributed by atoms with E-state index in [1.807, 2.05) is 6.92 Å². The molecule has 1 fully saturated rings. The Hall–Kier alpha value is -3.26. The summed E-state index contributed by atoms with van der Waals surface area (Å²) in [5, 5.41) is 4.15. The number of amides is 2. The van der Waals surface area contributed by atoms with E-state index in [9.17, 15) is 18.4 Å². The van der Waals surface area contributed by atoms with Crippen LogP contribution in [0.5, 0.6) is 0 Å². The Labute approximate surface area is 194 Å². The first-order valence-corrected chi connectivity index (χ1v) is 10.8. The predicted octanol–water partition coefficient (Wildman–Crippen LogP) is 5.54. The molecule has 0 radical (unpaired) electrons. The molecule has 2 aromatic carbocycles. The van der Waals surface area contributed by atoms with Gasteiger partial charge in [-0.2, -0.15) is 0 Å². The number of hydrogen-bond acceptors (Lipinski definition) is 4. The molecule has 0 aliphatic carbocycles. The van der Waals surface area contributed by atoms with Crippen LogP contribution < -0.4 is 5.32 Å². The highest BCUT2D eigenvalue weighted by molar-refractivity contribution is 6.31. The van der Waals surface area contributed by atoms with E-state index in [2.05, 4.69) is 10.3 Å². The van der Waals surface area contributed by atoms with Crippen molar-refractivity contribution in [2.75, 3.05) is 18.5 Å². The first-order chi connectivity index (χ1) is 15.7. The summed E-state index contributed by atoms with van der Waals surface area (Å²) in [6, 6.07) is 9.96. The summed E-state index contributed by atoms with van der Waals surface area (Å²) in [5.74, 6) is -0.635. The normalized spacial score (nSPS) is 18.1. The van der Waals surface area contributed by atoms with Crippen LogP contribution in [0.1, 0.15) is 25.3 Å². The molecule has 1 aliphatic rings. The van der Waals surface area contributed by atoms with Gasteiger partial charge in [0.05, 0.1) is 12.0 Å². The predicted molar refractivity (Wildman–Crippen MR) is 121 cm³/mol. The number of rotatable bonds is 6. The van der Waals surface area contributed by atoms with Gasteiger partial charge in [-0.1, -0.05) is 24.6 Å². The number of benzene rings is 2. The summed E-state index contributed by atoms with van der Waals surface area (Å²) < 4.78 is 31.9. The fourth-order valence-electron chi connectivity index (χ4n) is 3.90. The van der Waals surface area contributed by atoms with Crippen molar-refractivity contribution in [3.05, 3.63) is 70.9 Å². The van der Waals surface area contributed by atoms with Crippen molar-refractivity contribution in [1.82, 2.24) is 9.88 Å². The largest absolute Gasteiger partial charge is 0.449 e. The van der Waals surface area contributed by atoms with Crippen LogP contribution in [0.3, 0.4) is 0 Å². The van der Waals surface area contributed by atoms with E-state index in [0.717, 1.165) is 5.39 Å². The number of ether oxygens (including phenoxy) is 1. The van der Waals surface area contributed by atoms with Gasteiger partial charge in [-0.25, -0.2) is 18.6 Å². The van der Waals surface area contributed by atoms with Gasteiger partial charge >= 0.3 is 6.09 Å². The maximum atomic E-state index is 13.4. The highest BCUT2D eigenvalue weighted by Crippen LogP contribution is 2.36. The highest BCUT2D eigenvalue weighted by atomic mass is 35.5. The number of carbonyl (C=O) groups excluding carboxylic acids is 2. The molecule has 4 rings (SSSR count). The summed E-state index contributed by atoms with van der Waals surface area (Å²) in [6.45, 7) is 2.71. The molecule has 0 spiro atoms. The van der Waals surface area contributed by atoms with E-state index >= 15 is 0 Å². The van der Waals surface area contributed by atoms with E-state index in [-0.39, 0.29) is 29.2 Å². The van der Waals surface area contributed by atoms with Crippen molar-refractivity contribution >= 4 is 40.2 Å². The van der Waals surface area contributed by atoms with E-state index < -0.39 is 17.3 Å². The number of likely N-dealkylation sites (tertiary alicyclic amines) is 1. The van der Waals surface area contributed by atoms with Crippen molar-refractivity contribution in [2.45, 2.75) is 26.3 Å². The molecule has 2 amide bonds. The van der Waals surface area contributed by atoms with Crippen LogP contribution in [-0.2, 0) is 16.1 Å². The lowest BCUT2D eigenvalue weighted by Gasteiger charge is -2.23. The third kappa shape index (κ3) is 5.22. The Balaban J connectivity index is 1.29. The number of carbonyl (C=O) groups is 2. The zero-order chi connectivity index (χ0) is 23.6. The van der Waals surface area contributed by atoms with Gasteiger partial charge < -0.3 is 9.64 Å². The highest BCUT2D eigenvalue weighted by Gasteiger charge is 2.42. The van der Waals surface area contributed by atoms with E-state index in [1.54, 1.807) is 23.1 Å². The van der Waals surface area contributed by atoms with E-state index in [4.69, 9.17) is 16.3 Å². The Bertz CT molecular complexity index is 1220. The van der Waals surface area contributed by atoms with E-state index in [1.165, 1.54) is 30.5 Å². The molecule has 1 aliphatic heterocycles. The van der Waals surface area contributed by atoms with Crippen LogP contribution >= 0.6 is 11.6 Å². The number of aromatic nitrogens is 1. The maximum absolute atomic E-state index is 13.4. The lowest BCUT2D eigenvalue weighted by Crippen LogP contribution is -2.33. The second kappa shape index (κ2) is 9.31. The molecule has 9 heteroatoms. The molecule has 1 saturated heterocycles. The first-order valence-electron chi connectivity index (χ1n) is 10.5. The minimum Gasteiger partial charge on any atom is -0.449 e. The summed E-state index contributed by atoms with van der Waals surface area (Å²) in [6.07, 6.45) is 1.78. The first kappa shape index (κ1) is 22.9. The topological polar surface area (TPSA) is 71.5 Å². The van der Waals surface area contributed by atoms with Gasteiger partial charge in [-0.05, 0) is 60.2 Å². The number of halogens is 3. The minimum atomic E-state index is -0.706. The van der Waals surface area contributed by atoms with Crippen LogP contribution in [0.25, 0.3) is 10.8 Å². The third-order valence-electron chi connectivity index (χ3n) is 5.91. The average Bonchev–Trinajstić information content (AvgIpc) is 3.04. The summed E-state index contributed by atoms with van der Waals surface area (Å²) >= 11 is 6.09. The second-order valence-corrected chi connectivity index (χ2v) is 8.75. The summed E-state index contributed by atoms with van der Waals surface area (Å²) in [4.78, 5) is 30.9. The smallest absolute Gasteiger partial charge is 0.412 e. The molecular weight excluding hydrogens is 452 g/mol. The van der Waals surface area contributed by atoms with Gasteiger partial charge in [0.15, 0.2) is 0 Å². The molecule has 6 nitrogen and oxygen atoms in total. The van der Waals surface area contributed by atoms with Crippen molar-refractivity contribution in [1.29, 1.82) is 0 Å². The zero-order valence-electron chi connectivity index (χ0n) is 17.9. The number of fused-ring (bicyclic) bond motifs is 1. The molecular formula is C24H22ClF2N3O3.